The van der Waals surface area contributed by atoms with Gasteiger partial charge >= 0.3 is 0 Å². The predicted octanol–water partition coefficient (Wildman–Crippen LogP) is 4.44. The van der Waals surface area contributed by atoms with Gasteiger partial charge in [-0.25, -0.2) is 0 Å². The molecule has 0 heterocycles. The Kier molecular flexibility index (Phi) is 3.37. The van der Waals surface area contributed by atoms with Gasteiger partial charge in [-0.2, -0.15) is 0 Å². The van der Waals surface area contributed by atoms with Crippen LogP contribution in [0, 0.1) is 34.6 Å². The second-order valence-corrected chi connectivity index (χ2v) is 5.88. The summed E-state index contributed by atoms with van der Waals surface area (Å²) >= 11 is 0. The van der Waals surface area contributed by atoms with Crippen LogP contribution in [0.25, 0.3) is 0 Å². The molecule has 1 nitrogen and oxygen atoms in total. The molecule has 0 aromatic heterocycles. The average Bonchev–Trinajstić information content (AvgIpc) is 2.17. The van der Waals surface area contributed by atoms with Gasteiger partial charge in [-0.3, -0.25) is 0 Å². The van der Waals surface area contributed by atoms with Crippen LogP contribution in [0.4, 0.5) is 5.69 Å². The average molecular weight is 219 g/mol. The fourth-order valence-electron chi connectivity index (χ4n) is 2.06. The van der Waals surface area contributed by atoms with Crippen LogP contribution in [-0.4, -0.2) is 5.54 Å². The summed E-state index contributed by atoms with van der Waals surface area (Å²) in [6, 6.07) is 0. The van der Waals surface area contributed by atoms with E-state index < -0.39 is 0 Å². The van der Waals surface area contributed by atoms with Crippen LogP contribution < -0.4 is 5.32 Å². The molecule has 0 fully saturated rings. The van der Waals surface area contributed by atoms with E-state index in [4.69, 9.17) is 0 Å². The zero-order valence-electron chi connectivity index (χ0n) is 12.0. The van der Waals surface area contributed by atoms with Crippen molar-refractivity contribution in [2.24, 2.45) is 0 Å². The Balaban J connectivity index is 3.40. The van der Waals surface area contributed by atoms with Gasteiger partial charge in [-0.1, -0.05) is 0 Å². The number of hydrogen-bond donors (Lipinski definition) is 1. The molecule has 1 N–H and O–H groups in total. The van der Waals surface area contributed by atoms with Gasteiger partial charge in [0.2, 0.25) is 0 Å². The lowest BCUT2D eigenvalue weighted by Gasteiger charge is -2.27. The molecule has 16 heavy (non-hydrogen) atoms. The monoisotopic (exact) mass is 219 g/mol. The van der Waals surface area contributed by atoms with Crippen molar-refractivity contribution in [1.82, 2.24) is 0 Å². The topological polar surface area (TPSA) is 12.0 Å². The number of hydrogen-bond acceptors (Lipinski definition) is 1. The molecule has 0 aliphatic heterocycles. The van der Waals surface area contributed by atoms with Gasteiger partial charge in [0, 0.05) is 11.2 Å². The van der Waals surface area contributed by atoms with Crippen LogP contribution in [0.5, 0.6) is 0 Å². The maximum Gasteiger partial charge on any atom is 0.0409 e. The van der Waals surface area contributed by atoms with Crippen molar-refractivity contribution < 1.29 is 0 Å². The summed E-state index contributed by atoms with van der Waals surface area (Å²) in [5, 5.41) is 3.63. The summed E-state index contributed by atoms with van der Waals surface area (Å²) in [6.45, 7) is 17.7. The molecule has 0 unspecified atom stereocenters. The normalized spacial score (nSPS) is 11.8. The van der Waals surface area contributed by atoms with Crippen molar-refractivity contribution in [3.63, 3.8) is 0 Å². The molecule has 0 aliphatic rings. The molecule has 0 amide bonds. The molecule has 1 aromatic rings. The van der Waals surface area contributed by atoms with E-state index in [0.717, 1.165) is 0 Å². The van der Waals surface area contributed by atoms with Crippen LogP contribution in [-0.2, 0) is 0 Å². The third-order valence-corrected chi connectivity index (χ3v) is 3.50. The van der Waals surface area contributed by atoms with E-state index in [9.17, 15) is 0 Å². The first-order valence-electron chi connectivity index (χ1n) is 6.00. The molecule has 0 spiro atoms. The molecule has 0 atom stereocenters. The van der Waals surface area contributed by atoms with Gasteiger partial charge in [0.25, 0.3) is 0 Å². The molecule has 0 saturated carbocycles. The molecule has 1 rings (SSSR count). The highest BCUT2D eigenvalue weighted by atomic mass is 15.0. The Hall–Kier alpha value is -0.980. The highest BCUT2D eigenvalue weighted by Crippen LogP contribution is 2.31. The summed E-state index contributed by atoms with van der Waals surface area (Å²) in [5.74, 6) is 0. The second-order valence-electron chi connectivity index (χ2n) is 5.88. The zero-order chi connectivity index (χ0) is 12.7. The molecular weight excluding hydrogens is 194 g/mol. The lowest BCUT2D eigenvalue weighted by atomic mass is 9.92. The number of anilines is 1. The van der Waals surface area contributed by atoms with Crippen molar-refractivity contribution in [2.75, 3.05) is 5.32 Å². The van der Waals surface area contributed by atoms with Crippen LogP contribution in [0.3, 0.4) is 0 Å². The van der Waals surface area contributed by atoms with Crippen LogP contribution in [0.15, 0.2) is 0 Å². The minimum atomic E-state index is 0.115. The highest BCUT2D eigenvalue weighted by molar-refractivity contribution is 5.65. The maximum absolute atomic E-state index is 3.63. The molecule has 0 bridgehead atoms. The summed E-state index contributed by atoms with van der Waals surface area (Å²) in [4.78, 5) is 0. The minimum Gasteiger partial charge on any atom is -0.380 e. The molecule has 0 radical (unpaired) electrons. The Labute approximate surface area is 100 Å². The highest BCUT2D eigenvalue weighted by Gasteiger charge is 2.16. The van der Waals surface area contributed by atoms with Crippen molar-refractivity contribution in [3.8, 4) is 0 Å². The zero-order valence-corrected chi connectivity index (χ0v) is 12.0. The Bertz CT molecular complexity index is 379. The van der Waals surface area contributed by atoms with E-state index >= 15 is 0 Å². The van der Waals surface area contributed by atoms with E-state index in [1.165, 1.54) is 33.5 Å². The second kappa shape index (κ2) is 4.12. The van der Waals surface area contributed by atoms with Crippen LogP contribution >= 0.6 is 0 Å². The molecular formula is C15H25N. The van der Waals surface area contributed by atoms with Crippen molar-refractivity contribution in [2.45, 2.75) is 60.9 Å². The maximum atomic E-state index is 3.63. The number of nitrogens with one attached hydrogen (secondary N) is 1. The fourth-order valence-corrected chi connectivity index (χ4v) is 2.06. The standard InChI is InChI=1S/C15H25N/c1-9-10(2)12(4)14(13(5)11(9)3)16-15(6,7)8/h16H,1-8H3. The largest absolute Gasteiger partial charge is 0.380 e. The van der Waals surface area contributed by atoms with E-state index in [2.05, 4.69) is 60.7 Å². The third kappa shape index (κ3) is 2.40. The number of benzene rings is 1. The number of rotatable bonds is 1. The third-order valence-electron chi connectivity index (χ3n) is 3.50. The quantitative estimate of drug-likeness (QED) is 0.736. The molecule has 90 valence electrons. The first-order chi connectivity index (χ1) is 7.15. The van der Waals surface area contributed by atoms with Crippen molar-refractivity contribution in [3.05, 3.63) is 27.8 Å². The smallest absolute Gasteiger partial charge is 0.0409 e. The summed E-state index contributed by atoms with van der Waals surface area (Å²) in [6.07, 6.45) is 0. The molecule has 1 heteroatoms. The van der Waals surface area contributed by atoms with E-state index in [-0.39, 0.29) is 5.54 Å². The first kappa shape index (κ1) is 13.1. The fraction of sp³-hybridized carbons (Fsp3) is 0.600. The predicted molar refractivity (Wildman–Crippen MR) is 73.5 cm³/mol. The van der Waals surface area contributed by atoms with Gasteiger partial charge in [-0.15, -0.1) is 0 Å². The Morgan fingerprint density at radius 3 is 1.25 bits per heavy atom. The van der Waals surface area contributed by atoms with Gasteiger partial charge in [0.15, 0.2) is 0 Å². The van der Waals surface area contributed by atoms with Crippen molar-refractivity contribution in [1.29, 1.82) is 0 Å². The Morgan fingerprint density at radius 2 is 0.938 bits per heavy atom. The molecule has 0 saturated heterocycles. The minimum absolute atomic E-state index is 0.115. The lowest BCUT2D eigenvalue weighted by molar-refractivity contribution is 0.632. The van der Waals surface area contributed by atoms with Crippen LogP contribution in [0.2, 0.25) is 0 Å². The van der Waals surface area contributed by atoms with Gasteiger partial charge < -0.3 is 5.32 Å². The van der Waals surface area contributed by atoms with Gasteiger partial charge in [0.1, 0.15) is 0 Å². The van der Waals surface area contributed by atoms with Gasteiger partial charge in [0.05, 0.1) is 0 Å². The Morgan fingerprint density at radius 1 is 0.625 bits per heavy atom. The first-order valence-corrected chi connectivity index (χ1v) is 6.00. The van der Waals surface area contributed by atoms with Crippen LogP contribution in [0.1, 0.15) is 48.6 Å². The van der Waals surface area contributed by atoms with Crippen molar-refractivity contribution >= 4 is 5.69 Å². The lowest BCUT2D eigenvalue weighted by Crippen LogP contribution is -2.27. The molecule has 0 aliphatic carbocycles. The van der Waals surface area contributed by atoms with Gasteiger partial charge in [-0.05, 0) is 83.2 Å². The summed E-state index contributed by atoms with van der Waals surface area (Å²) in [5.41, 5.74) is 8.45. The van der Waals surface area contributed by atoms with E-state index in [0.29, 0.717) is 0 Å². The summed E-state index contributed by atoms with van der Waals surface area (Å²) < 4.78 is 0. The van der Waals surface area contributed by atoms with E-state index in [1.807, 2.05) is 0 Å². The molecule has 1 aromatic carbocycles. The SMILES string of the molecule is Cc1c(C)c(C)c(NC(C)(C)C)c(C)c1C. The van der Waals surface area contributed by atoms with E-state index in [1.54, 1.807) is 0 Å². The summed E-state index contributed by atoms with van der Waals surface area (Å²) in [7, 11) is 0.